The van der Waals surface area contributed by atoms with Gasteiger partial charge in [-0.05, 0) is 17.7 Å². The van der Waals surface area contributed by atoms with Crippen molar-refractivity contribution in [2.75, 3.05) is 13.2 Å². The average Bonchev–Trinajstić information content (AvgIpc) is 2.49. The van der Waals surface area contributed by atoms with Crippen molar-refractivity contribution in [2.24, 2.45) is 0 Å². The van der Waals surface area contributed by atoms with Gasteiger partial charge in [-0.2, -0.15) is 0 Å². The fraction of sp³-hybridized carbons (Fsp3) is 0.250. The number of hydrogen-bond donors (Lipinski definition) is 1. The Hall–Kier alpha value is -1.98. The van der Waals surface area contributed by atoms with Crippen LogP contribution in [0.4, 0.5) is 8.78 Å². The van der Waals surface area contributed by atoms with Crippen LogP contribution in [0, 0.1) is 11.6 Å². The molecule has 0 amide bonds. The lowest BCUT2D eigenvalue weighted by molar-refractivity contribution is 0.00479. The van der Waals surface area contributed by atoms with Crippen LogP contribution in [0.3, 0.4) is 0 Å². The van der Waals surface area contributed by atoms with Gasteiger partial charge in [0.25, 0.3) is 0 Å². The molecule has 5 heteroatoms. The highest BCUT2D eigenvalue weighted by atomic mass is 19.1. The third-order valence-electron chi connectivity index (χ3n) is 2.75. The molecule has 0 bridgehead atoms. The van der Waals surface area contributed by atoms with Crippen LogP contribution in [0.2, 0.25) is 0 Å². The van der Waals surface area contributed by atoms with Crippen LogP contribution in [-0.2, 0) is 11.3 Å². The quantitative estimate of drug-likeness (QED) is 0.853. The maximum absolute atomic E-state index is 13.3. The second-order valence-corrected chi connectivity index (χ2v) is 4.54. The van der Waals surface area contributed by atoms with Gasteiger partial charge >= 0.3 is 0 Å². The fourth-order valence-electron chi connectivity index (χ4n) is 1.71. The third-order valence-corrected chi connectivity index (χ3v) is 2.75. The van der Waals surface area contributed by atoms with Crippen molar-refractivity contribution in [1.29, 1.82) is 0 Å². The predicted molar refractivity (Wildman–Crippen MR) is 74.0 cm³/mol. The minimum atomic E-state index is -0.920. The van der Waals surface area contributed by atoms with Crippen molar-refractivity contribution in [3.8, 4) is 5.75 Å². The maximum Gasteiger partial charge on any atom is 0.165 e. The Morgan fingerprint density at radius 3 is 2.52 bits per heavy atom. The zero-order chi connectivity index (χ0) is 15.1. The molecule has 21 heavy (non-hydrogen) atoms. The SMILES string of the molecule is OC(COCc1ccccc1)COc1cc(F)ccc1F. The van der Waals surface area contributed by atoms with Gasteiger partial charge in [-0.15, -0.1) is 0 Å². The molecule has 0 aliphatic heterocycles. The van der Waals surface area contributed by atoms with Crippen molar-refractivity contribution in [3.05, 3.63) is 65.7 Å². The summed E-state index contributed by atoms with van der Waals surface area (Å²) in [5, 5.41) is 9.68. The molecule has 0 aliphatic rings. The Morgan fingerprint density at radius 1 is 1.00 bits per heavy atom. The minimum absolute atomic E-state index is 0.0474. The van der Waals surface area contributed by atoms with Crippen molar-refractivity contribution in [1.82, 2.24) is 0 Å². The van der Waals surface area contributed by atoms with Crippen molar-refractivity contribution in [3.63, 3.8) is 0 Å². The van der Waals surface area contributed by atoms with E-state index in [9.17, 15) is 13.9 Å². The summed E-state index contributed by atoms with van der Waals surface area (Å²) >= 11 is 0. The molecule has 0 aromatic heterocycles. The summed E-state index contributed by atoms with van der Waals surface area (Å²) in [6, 6.07) is 12.4. The lowest BCUT2D eigenvalue weighted by Crippen LogP contribution is -2.23. The Labute approximate surface area is 121 Å². The largest absolute Gasteiger partial charge is 0.488 e. The van der Waals surface area contributed by atoms with Crippen LogP contribution < -0.4 is 4.74 Å². The van der Waals surface area contributed by atoms with Crippen LogP contribution in [0.25, 0.3) is 0 Å². The topological polar surface area (TPSA) is 38.7 Å². The standard InChI is InChI=1S/C16H16F2O3/c17-13-6-7-15(18)16(8-13)21-11-14(19)10-20-9-12-4-2-1-3-5-12/h1-8,14,19H,9-11H2. The molecule has 1 unspecified atom stereocenters. The molecule has 112 valence electrons. The minimum Gasteiger partial charge on any atom is -0.488 e. The molecular weight excluding hydrogens is 278 g/mol. The second kappa shape index (κ2) is 7.71. The van der Waals surface area contributed by atoms with Crippen LogP contribution in [0.15, 0.2) is 48.5 Å². The van der Waals surface area contributed by atoms with E-state index in [1.165, 1.54) is 0 Å². The molecule has 0 saturated carbocycles. The molecule has 0 radical (unpaired) electrons. The van der Waals surface area contributed by atoms with Gasteiger partial charge in [-0.25, -0.2) is 8.78 Å². The number of benzene rings is 2. The zero-order valence-corrected chi connectivity index (χ0v) is 11.3. The summed E-state index contributed by atoms with van der Waals surface area (Å²) in [6.07, 6.45) is -0.920. The molecule has 2 aromatic carbocycles. The summed E-state index contributed by atoms with van der Waals surface area (Å²) in [7, 11) is 0. The second-order valence-electron chi connectivity index (χ2n) is 4.54. The van der Waals surface area contributed by atoms with Gasteiger partial charge in [-0.1, -0.05) is 30.3 Å². The van der Waals surface area contributed by atoms with Crippen LogP contribution in [-0.4, -0.2) is 24.4 Å². The molecule has 0 aliphatic carbocycles. The van der Waals surface area contributed by atoms with Gasteiger partial charge in [-0.3, -0.25) is 0 Å². The normalized spacial score (nSPS) is 12.1. The van der Waals surface area contributed by atoms with Crippen molar-refractivity contribution in [2.45, 2.75) is 12.7 Å². The van der Waals surface area contributed by atoms with Crippen molar-refractivity contribution < 1.29 is 23.4 Å². The van der Waals surface area contributed by atoms with Gasteiger partial charge < -0.3 is 14.6 Å². The number of aliphatic hydroxyl groups excluding tert-OH is 1. The Morgan fingerprint density at radius 2 is 1.76 bits per heavy atom. The summed E-state index contributed by atoms with van der Waals surface area (Å²) in [5.74, 6) is -1.49. The van der Waals surface area contributed by atoms with Crippen LogP contribution in [0.5, 0.6) is 5.75 Å². The third kappa shape index (κ3) is 5.13. The Balaban J connectivity index is 1.72. The first-order chi connectivity index (χ1) is 10.1. The molecule has 2 aromatic rings. The van der Waals surface area contributed by atoms with E-state index in [4.69, 9.17) is 9.47 Å². The highest BCUT2D eigenvalue weighted by Gasteiger charge is 2.09. The smallest absolute Gasteiger partial charge is 0.165 e. The number of rotatable bonds is 7. The molecule has 0 spiro atoms. The van der Waals surface area contributed by atoms with Gasteiger partial charge in [0, 0.05) is 6.07 Å². The first-order valence-electron chi connectivity index (χ1n) is 6.53. The number of hydrogen-bond acceptors (Lipinski definition) is 3. The van der Waals surface area contributed by atoms with Gasteiger partial charge in [0.1, 0.15) is 18.5 Å². The highest BCUT2D eigenvalue weighted by molar-refractivity contribution is 5.24. The molecule has 1 N–H and O–H groups in total. The van der Waals surface area contributed by atoms with Crippen LogP contribution >= 0.6 is 0 Å². The van der Waals surface area contributed by atoms with E-state index >= 15 is 0 Å². The maximum atomic E-state index is 13.3. The molecule has 3 nitrogen and oxygen atoms in total. The summed E-state index contributed by atoms with van der Waals surface area (Å²) < 4.78 is 36.6. The zero-order valence-electron chi connectivity index (χ0n) is 11.3. The van der Waals surface area contributed by atoms with Gasteiger partial charge in [0.15, 0.2) is 11.6 Å². The summed E-state index contributed by atoms with van der Waals surface area (Å²) in [4.78, 5) is 0. The van der Waals surface area contributed by atoms with Crippen LogP contribution in [0.1, 0.15) is 5.56 Å². The van der Waals surface area contributed by atoms with Crippen molar-refractivity contribution >= 4 is 0 Å². The molecule has 2 rings (SSSR count). The van der Waals surface area contributed by atoms with Gasteiger partial charge in [0.05, 0.1) is 13.2 Å². The number of ether oxygens (including phenoxy) is 2. The molecule has 0 heterocycles. The number of halogens is 2. The monoisotopic (exact) mass is 294 g/mol. The van der Waals surface area contributed by atoms with E-state index in [-0.39, 0.29) is 19.0 Å². The van der Waals surface area contributed by atoms with E-state index in [1.54, 1.807) is 0 Å². The molecule has 1 atom stereocenters. The van der Waals surface area contributed by atoms with E-state index in [2.05, 4.69) is 0 Å². The lowest BCUT2D eigenvalue weighted by Gasteiger charge is -2.13. The van der Waals surface area contributed by atoms with E-state index in [0.717, 1.165) is 23.8 Å². The summed E-state index contributed by atoms with van der Waals surface area (Å²) in [6.45, 7) is 0.243. The Kier molecular flexibility index (Phi) is 5.66. The van der Waals surface area contributed by atoms with E-state index < -0.39 is 17.7 Å². The first-order valence-corrected chi connectivity index (χ1v) is 6.53. The fourth-order valence-corrected chi connectivity index (χ4v) is 1.71. The summed E-state index contributed by atoms with van der Waals surface area (Å²) in [5.41, 5.74) is 0.988. The average molecular weight is 294 g/mol. The molecule has 0 saturated heterocycles. The van der Waals surface area contributed by atoms with E-state index in [0.29, 0.717) is 6.61 Å². The first kappa shape index (κ1) is 15.4. The van der Waals surface area contributed by atoms with Gasteiger partial charge in [0.2, 0.25) is 0 Å². The predicted octanol–water partition coefficient (Wildman–Crippen LogP) is 2.92. The highest BCUT2D eigenvalue weighted by Crippen LogP contribution is 2.18. The van der Waals surface area contributed by atoms with E-state index in [1.807, 2.05) is 30.3 Å². The lowest BCUT2D eigenvalue weighted by atomic mass is 10.2. The molecular formula is C16H16F2O3. The Bertz CT molecular complexity index is 561. The number of aliphatic hydroxyl groups is 1. The molecule has 0 fully saturated rings.